The molecule has 1 aromatic carbocycles. The van der Waals surface area contributed by atoms with Gasteiger partial charge in [0.25, 0.3) is 0 Å². The lowest BCUT2D eigenvalue weighted by Gasteiger charge is -1.98. The molecule has 0 heterocycles. The summed E-state index contributed by atoms with van der Waals surface area (Å²) >= 11 is 0. The molecule has 0 radical (unpaired) electrons. The molecule has 0 aliphatic carbocycles. The Hall–Kier alpha value is -2.08. The van der Waals surface area contributed by atoms with Gasteiger partial charge in [-0.2, -0.15) is 5.26 Å². The summed E-state index contributed by atoms with van der Waals surface area (Å²) in [5, 5.41) is 17.1. The second-order valence-electron chi connectivity index (χ2n) is 3.19. The van der Waals surface area contributed by atoms with Crippen LogP contribution in [0, 0.1) is 18.3 Å². The van der Waals surface area contributed by atoms with E-state index in [0.29, 0.717) is 5.56 Å². The van der Waals surface area contributed by atoms with E-state index in [2.05, 4.69) is 6.07 Å². The van der Waals surface area contributed by atoms with E-state index in [0.717, 1.165) is 11.1 Å². The molecule has 0 spiro atoms. The van der Waals surface area contributed by atoms with Crippen molar-refractivity contribution in [1.29, 1.82) is 5.26 Å². The average molecular weight is 201 g/mol. The third kappa shape index (κ3) is 3.28. The fraction of sp³-hybridized carbons (Fsp3) is 0.167. The van der Waals surface area contributed by atoms with E-state index in [1.54, 1.807) is 24.3 Å². The van der Waals surface area contributed by atoms with E-state index < -0.39 is 5.97 Å². The molecule has 0 unspecified atom stereocenters. The number of aryl methyl sites for hydroxylation is 1. The maximum Gasteiger partial charge on any atom is 0.307 e. The van der Waals surface area contributed by atoms with Crippen molar-refractivity contribution >= 4 is 12.0 Å². The Balaban J connectivity index is 2.81. The first-order chi connectivity index (χ1) is 7.13. The molecule has 0 atom stereocenters. The first-order valence-electron chi connectivity index (χ1n) is 4.52. The molecular formula is C12H11NO2. The van der Waals surface area contributed by atoms with Gasteiger partial charge in [-0.3, -0.25) is 4.79 Å². The van der Waals surface area contributed by atoms with Crippen LogP contribution in [0.2, 0.25) is 0 Å². The normalized spacial score (nSPS) is 10.1. The van der Waals surface area contributed by atoms with Crippen molar-refractivity contribution in [3.63, 3.8) is 0 Å². The molecule has 0 aliphatic heterocycles. The van der Waals surface area contributed by atoms with Crippen LogP contribution >= 0.6 is 0 Å². The third-order valence-electron chi connectivity index (χ3n) is 1.97. The minimum atomic E-state index is -0.850. The van der Waals surface area contributed by atoms with Gasteiger partial charge < -0.3 is 5.11 Å². The molecule has 76 valence electrons. The minimum absolute atomic E-state index is 0.0129. The predicted octanol–water partition coefficient (Wildman–Crippen LogP) is 2.35. The van der Waals surface area contributed by atoms with Crippen LogP contribution in [0.5, 0.6) is 0 Å². The molecule has 0 aliphatic rings. The van der Waals surface area contributed by atoms with Gasteiger partial charge in [-0.15, -0.1) is 0 Å². The molecule has 0 amide bonds. The number of carboxylic acids is 1. The second-order valence-corrected chi connectivity index (χ2v) is 3.19. The molecule has 0 aromatic heterocycles. The van der Waals surface area contributed by atoms with Crippen LogP contribution in [0.4, 0.5) is 0 Å². The quantitative estimate of drug-likeness (QED) is 0.816. The summed E-state index contributed by atoms with van der Waals surface area (Å²) in [5.41, 5.74) is 2.45. The zero-order valence-electron chi connectivity index (χ0n) is 8.40. The Morgan fingerprint density at radius 2 is 2.33 bits per heavy atom. The van der Waals surface area contributed by atoms with Gasteiger partial charge in [0.2, 0.25) is 0 Å². The van der Waals surface area contributed by atoms with Crippen LogP contribution in [0.1, 0.15) is 23.1 Å². The number of nitrogens with zero attached hydrogens (tertiary/aromatic N) is 1. The molecular weight excluding hydrogens is 190 g/mol. The van der Waals surface area contributed by atoms with Crippen molar-refractivity contribution in [2.45, 2.75) is 13.3 Å². The summed E-state index contributed by atoms with van der Waals surface area (Å²) in [6.45, 7) is 1.85. The van der Waals surface area contributed by atoms with Crippen LogP contribution in [0.25, 0.3) is 6.08 Å². The van der Waals surface area contributed by atoms with E-state index >= 15 is 0 Å². The number of rotatable bonds is 3. The highest BCUT2D eigenvalue weighted by Gasteiger charge is 1.96. The minimum Gasteiger partial charge on any atom is -0.481 e. The van der Waals surface area contributed by atoms with Gasteiger partial charge in [-0.25, -0.2) is 0 Å². The highest BCUT2D eigenvalue weighted by atomic mass is 16.4. The molecule has 0 saturated heterocycles. The monoisotopic (exact) mass is 201 g/mol. The highest BCUT2D eigenvalue weighted by molar-refractivity contribution is 5.70. The summed E-state index contributed by atoms with van der Waals surface area (Å²) in [4.78, 5) is 10.3. The summed E-state index contributed by atoms with van der Waals surface area (Å²) < 4.78 is 0. The van der Waals surface area contributed by atoms with Crippen molar-refractivity contribution in [1.82, 2.24) is 0 Å². The summed E-state index contributed by atoms with van der Waals surface area (Å²) in [7, 11) is 0. The Bertz CT molecular complexity index is 441. The van der Waals surface area contributed by atoms with Crippen LogP contribution in [0.15, 0.2) is 24.3 Å². The van der Waals surface area contributed by atoms with Crippen molar-refractivity contribution in [2.75, 3.05) is 0 Å². The second kappa shape index (κ2) is 4.97. The third-order valence-corrected chi connectivity index (χ3v) is 1.97. The van der Waals surface area contributed by atoms with Crippen molar-refractivity contribution in [3.05, 3.63) is 41.0 Å². The average Bonchev–Trinajstić information content (AvgIpc) is 2.17. The van der Waals surface area contributed by atoms with Crippen LogP contribution in [-0.4, -0.2) is 11.1 Å². The van der Waals surface area contributed by atoms with Gasteiger partial charge in [-0.1, -0.05) is 24.3 Å². The van der Waals surface area contributed by atoms with Gasteiger partial charge >= 0.3 is 5.97 Å². The molecule has 1 aromatic rings. The van der Waals surface area contributed by atoms with E-state index in [1.165, 1.54) is 0 Å². The SMILES string of the molecule is Cc1cc(/C=C/CC(=O)O)ccc1C#N. The number of nitriles is 1. The number of hydrogen-bond acceptors (Lipinski definition) is 2. The first-order valence-corrected chi connectivity index (χ1v) is 4.52. The zero-order chi connectivity index (χ0) is 11.3. The molecule has 3 nitrogen and oxygen atoms in total. The van der Waals surface area contributed by atoms with E-state index in [-0.39, 0.29) is 6.42 Å². The first kappa shape index (κ1) is 11.0. The van der Waals surface area contributed by atoms with Gasteiger partial charge in [0.1, 0.15) is 0 Å². The summed E-state index contributed by atoms with van der Waals surface area (Å²) in [6, 6.07) is 7.46. The standard InChI is InChI=1S/C12H11NO2/c1-9-7-10(3-2-4-12(14)15)5-6-11(9)8-13/h2-3,5-7H,4H2,1H3,(H,14,15)/b3-2+. The molecule has 0 fully saturated rings. The summed E-state index contributed by atoms with van der Waals surface area (Å²) in [6.07, 6.45) is 3.34. The topological polar surface area (TPSA) is 61.1 Å². The fourth-order valence-electron chi connectivity index (χ4n) is 1.21. The van der Waals surface area contributed by atoms with Gasteiger partial charge in [0.05, 0.1) is 18.1 Å². The van der Waals surface area contributed by atoms with Crippen LogP contribution < -0.4 is 0 Å². The van der Waals surface area contributed by atoms with E-state index in [9.17, 15) is 4.79 Å². The molecule has 3 heteroatoms. The Labute approximate surface area is 88.3 Å². The Kier molecular flexibility index (Phi) is 3.64. The molecule has 1 rings (SSSR count). The zero-order valence-corrected chi connectivity index (χ0v) is 8.40. The van der Waals surface area contributed by atoms with Gasteiger partial charge in [-0.05, 0) is 24.1 Å². The predicted molar refractivity (Wildman–Crippen MR) is 57.2 cm³/mol. The maximum atomic E-state index is 10.3. The molecule has 0 saturated carbocycles. The number of carboxylic acid groups (broad SMARTS) is 1. The lowest BCUT2D eigenvalue weighted by Crippen LogP contribution is -1.89. The lowest BCUT2D eigenvalue weighted by molar-refractivity contribution is -0.135. The maximum absolute atomic E-state index is 10.3. The number of carbonyl (C=O) groups is 1. The smallest absolute Gasteiger partial charge is 0.307 e. The van der Waals surface area contributed by atoms with Gasteiger partial charge in [0, 0.05) is 0 Å². The Morgan fingerprint density at radius 3 is 2.87 bits per heavy atom. The number of aliphatic carboxylic acids is 1. The van der Waals surface area contributed by atoms with Crippen molar-refractivity contribution < 1.29 is 9.90 Å². The van der Waals surface area contributed by atoms with E-state index in [1.807, 2.05) is 13.0 Å². The molecule has 0 bridgehead atoms. The number of benzene rings is 1. The molecule has 1 N–H and O–H groups in total. The molecule has 15 heavy (non-hydrogen) atoms. The highest BCUT2D eigenvalue weighted by Crippen LogP contribution is 2.11. The van der Waals surface area contributed by atoms with Crippen LogP contribution in [-0.2, 0) is 4.79 Å². The largest absolute Gasteiger partial charge is 0.481 e. The van der Waals surface area contributed by atoms with Crippen molar-refractivity contribution in [2.24, 2.45) is 0 Å². The lowest BCUT2D eigenvalue weighted by atomic mass is 10.1. The van der Waals surface area contributed by atoms with Gasteiger partial charge in [0.15, 0.2) is 0 Å². The Morgan fingerprint density at radius 1 is 1.60 bits per heavy atom. The summed E-state index contributed by atoms with van der Waals surface area (Å²) in [5.74, 6) is -0.850. The van der Waals surface area contributed by atoms with Crippen LogP contribution in [0.3, 0.4) is 0 Å². The van der Waals surface area contributed by atoms with Crippen molar-refractivity contribution in [3.8, 4) is 6.07 Å². The number of hydrogen-bond donors (Lipinski definition) is 1. The van der Waals surface area contributed by atoms with E-state index in [4.69, 9.17) is 10.4 Å². The fourth-order valence-corrected chi connectivity index (χ4v) is 1.21.